The summed E-state index contributed by atoms with van der Waals surface area (Å²) in [7, 11) is -2.26. The van der Waals surface area contributed by atoms with E-state index in [-0.39, 0.29) is 23.2 Å². The van der Waals surface area contributed by atoms with Gasteiger partial charge in [0.1, 0.15) is 5.60 Å². The first-order chi connectivity index (χ1) is 20.4. The summed E-state index contributed by atoms with van der Waals surface area (Å²) in [4.78, 5) is 31.5. The van der Waals surface area contributed by atoms with Gasteiger partial charge in [0.05, 0.1) is 23.9 Å². The highest BCUT2D eigenvalue weighted by atomic mass is 35.5. The van der Waals surface area contributed by atoms with Crippen LogP contribution in [0.25, 0.3) is 11.3 Å². The predicted molar refractivity (Wildman–Crippen MR) is 180 cm³/mol. The van der Waals surface area contributed by atoms with Crippen molar-refractivity contribution in [1.82, 2.24) is 9.88 Å². The van der Waals surface area contributed by atoms with Crippen LogP contribution in [0.15, 0.2) is 66.9 Å². The van der Waals surface area contributed by atoms with Crippen LogP contribution in [0.1, 0.15) is 70.5 Å². The zero-order valence-electron chi connectivity index (χ0n) is 27.3. The number of aromatic carboxylic acids is 1. The first-order valence-corrected chi connectivity index (χ1v) is 18.1. The van der Waals surface area contributed by atoms with Gasteiger partial charge in [0.15, 0.2) is 8.32 Å². The molecule has 3 rings (SSSR count). The number of carboxylic acid groups (broad SMARTS) is 1. The molecule has 0 fully saturated rings. The predicted octanol–water partition coefficient (Wildman–Crippen LogP) is 8.90. The van der Waals surface area contributed by atoms with Crippen molar-refractivity contribution in [3.8, 4) is 11.3 Å². The Morgan fingerprint density at radius 3 is 2.32 bits per heavy atom. The Morgan fingerprint density at radius 2 is 1.70 bits per heavy atom. The third kappa shape index (κ3) is 9.55. The van der Waals surface area contributed by atoms with Crippen molar-refractivity contribution in [3.63, 3.8) is 0 Å². The van der Waals surface area contributed by atoms with Crippen LogP contribution in [0.4, 0.5) is 10.5 Å². The molecule has 0 saturated carbocycles. The number of hydrogen-bond acceptors (Lipinski definition) is 6. The number of halogens is 1. The Bertz CT molecular complexity index is 1450. The number of nitrogens with one attached hydrogen (secondary N) is 1. The van der Waals surface area contributed by atoms with Gasteiger partial charge in [-0.1, -0.05) is 56.6 Å². The van der Waals surface area contributed by atoms with E-state index in [1.54, 1.807) is 17.2 Å². The largest absolute Gasteiger partial charge is 0.478 e. The summed E-state index contributed by atoms with van der Waals surface area (Å²) in [5, 5.41) is 13.6. The zero-order chi connectivity index (χ0) is 32.9. The summed E-state index contributed by atoms with van der Waals surface area (Å²) < 4.78 is 12.8. The molecule has 0 aliphatic heterocycles. The number of amides is 1. The quantitative estimate of drug-likeness (QED) is 0.202. The van der Waals surface area contributed by atoms with Crippen molar-refractivity contribution in [2.24, 2.45) is 0 Å². The van der Waals surface area contributed by atoms with Gasteiger partial charge in [0.2, 0.25) is 0 Å². The molecule has 2 N–H and O–H groups in total. The summed E-state index contributed by atoms with van der Waals surface area (Å²) in [6, 6.07) is 17.8. The second kappa shape index (κ2) is 14.1. The number of carbonyl (C=O) groups excluding carboxylic acids is 1. The van der Waals surface area contributed by atoms with Crippen molar-refractivity contribution in [2.75, 3.05) is 18.4 Å². The average molecular weight is 640 g/mol. The molecular weight excluding hydrogens is 594 g/mol. The van der Waals surface area contributed by atoms with Gasteiger partial charge in [-0.3, -0.25) is 4.98 Å². The summed E-state index contributed by atoms with van der Waals surface area (Å²) in [5.74, 6) is -1.04. The van der Waals surface area contributed by atoms with Crippen LogP contribution in [0.5, 0.6) is 0 Å². The number of carbonyl (C=O) groups is 2. The Labute approximate surface area is 267 Å². The number of nitrogens with zero attached hydrogens (tertiary/aromatic N) is 2. The Balaban J connectivity index is 1.91. The van der Waals surface area contributed by atoms with Crippen LogP contribution in [0, 0.1) is 0 Å². The Kier molecular flexibility index (Phi) is 11.3. The fraction of sp³-hybridized carbons (Fsp3) is 0.441. The molecule has 8 nitrogen and oxygen atoms in total. The number of pyridine rings is 1. The maximum atomic E-state index is 13.7. The molecule has 238 valence electrons. The van der Waals surface area contributed by atoms with E-state index in [9.17, 15) is 14.7 Å². The van der Waals surface area contributed by atoms with E-state index in [0.29, 0.717) is 22.8 Å². The van der Waals surface area contributed by atoms with Gasteiger partial charge in [-0.15, -0.1) is 0 Å². The number of anilines is 1. The average Bonchev–Trinajstić information content (AvgIpc) is 2.92. The summed E-state index contributed by atoms with van der Waals surface area (Å²) in [5.41, 5.74) is 2.17. The standard InChI is InChI=1S/C34H46ClN3O5Si/c1-23(21-37-27-16-11-14-25(20-27)30-28(31(39)40)17-12-18-36-30)38(32(41)42-33(2,3)4)22-29(24-13-10-15-26(35)19-24)43-44(8,9)34(5,6)7/h10-20,23,29,37H,21-22H2,1-9H3,(H,39,40). The molecule has 0 aliphatic carbocycles. The molecule has 2 aromatic carbocycles. The molecule has 0 radical (unpaired) electrons. The number of hydrogen-bond donors (Lipinski definition) is 2. The number of carboxylic acids is 1. The fourth-order valence-corrected chi connectivity index (χ4v) is 5.82. The van der Waals surface area contributed by atoms with Crippen LogP contribution in [0.3, 0.4) is 0 Å². The van der Waals surface area contributed by atoms with Gasteiger partial charge in [-0.05, 0) is 87.8 Å². The van der Waals surface area contributed by atoms with Crippen molar-refractivity contribution in [1.29, 1.82) is 0 Å². The molecule has 2 atom stereocenters. The molecule has 44 heavy (non-hydrogen) atoms. The lowest BCUT2D eigenvalue weighted by Gasteiger charge is -2.41. The second-order valence-electron chi connectivity index (χ2n) is 13.6. The van der Waals surface area contributed by atoms with E-state index in [2.05, 4.69) is 44.2 Å². The van der Waals surface area contributed by atoms with Gasteiger partial charge in [0.25, 0.3) is 0 Å². The first kappa shape index (κ1) is 35.1. The molecular formula is C34H46ClN3O5Si. The molecule has 10 heteroatoms. The number of ether oxygens (including phenoxy) is 1. The molecule has 0 bridgehead atoms. The molecule has 0 saturated heterocycles. The maximum Gasteiger partial charge on any atom is 0.410 e. The van der Waals surface area contributed by atoms with Gasteiger partial charge in [-0.2, -0.15) is 0 Å². The SMILES string of the molecule is CC(CNc1cccc(-c2ncccc2C(=O)O)c1)N(CC(O[Si](C)(C)C(C)(C)C)c1cccc(Cl)c1)C(=O)OC(C)(C)C. The summed E-state index contributed by atoms with van der Waals surface area (Å²) in [6.45, 7) is 19.1. The third-order valence-corrected chi connectivity index (χ3v) is 12.5. The lowest BCUT2D eigenvalue weighted by atomic mass is 10.1. The Morgan fingerprint density at radius 1 is 1.02 bits per heavy atom. The zero-order valence-corrected chi connectivity index (χ0v) is 29.0. The third-order valence-electron chi connectivity index (χ3n) is 7.76. The minimum Gasteiger partial charge on any atom is -0.478 e. The molecule has 0 aliphatic rings. The molecule has 0 spiro atoms. The van der Waals surface area contributed by atoms with E-state index >= 15 is 0 Å². The van der Waals surface area contributed by atoms with Crippen molar-refractivity contribution in [2.45, 2.75) is 84.3 Å². The summed E-state index contributed by atoms with van der Waals surface area (Å²) in [6.07, 6.45) is 0.711. The van der Waals surface area contributed by atoms with Crippen LogP contribution < -0.4 is 5.32 Å². The minimum absolute atomic E-state index is 0.0487. The van der Waals surface area contributed by atoms with E-state index in [0.717, 1.165) is 11.3 Å². The van der Waals surface area contributed by atoms with Crippen molar-refractivity contribution in [3.05, 3.63) is 83.0 Å². The van der Waals surface area contributed by atoms with Gasteiger partial charge >= 0.3 is 12.1 Å². The van der Waals surface area contributed by atoms with Crippen LogP contribution in [-0.2, 0) is 9.16 Å². The van der Waals surface area contributed by atoms with Crippen LogP contribution in [-0.4, -0.2) is 60.1 Å². The lowest BCUT2D eigenvalue weighted by Crippen LogP contribution is -2.49. The van der Waals surface area contributed by atoms with E-state index < -0.39 is 32.1 Å². The highest BCUT2D eigenvalue weighted by Gasteiger charge is 2.41. The lowest BCUT2D eigenvalue weighted by molar-refractivity contribution is 0.00798. The van der Waals surface area contributed by atoms with Crippen LogP contribution in [0.2, 0.25) is 23.2 Å². The minimum atomic E-state index is -2.26. The molecule has 1 amide bonds. The highest BCUT2D eigenvalue weighted by molar-refractivity contribution is 6.74. The first-order valence-electron chi connectivity index (χ1n) is 14.8. The normalized spacial score (nSPS) is 13.6. The maximum absolute atomic E-state index is 13.7. The van der Waals surface area contributed by atoms with E-state index in [1.807, 2.05) is 76.2 Å². The topological polar surface area (TPSA) is 101 Å². The molecule has 2 unspecified atom stereocenters. The van der Waals surface area contributed by atoms with Crippen molar-refractivity contribution >= 4 is 37.7 Å². The Hall–Kier alpha value is -3.40. The summed E-state index contributed by atoms with van der Waals surface area (Å²) >= 11 is 6.40. The molecule has 1 heterocycles. The number of rotatable bonds is 11. The number of aromatic nitrogens is 1. The van der Waals surface area contributed by atoms with Gasteiger partial charge in [-0.25, -0.2) is 9.59 Å². The van der Waals surface area contributed by atoms with Gasteiger partial charge < -0.3 is 24.5 Å². The van der Waals surface area contributed by atoms with E-state index in [4.69, 9.17) is 20.8 Å². The highest BCUT2D eigenvalue weighted by Crippen LogP contribution is 2.40. The second-order valence-corrected chi connectivity index (χ2v) is 18.8. The van der Waals surface area contributed by atoms with E-state index in [1.165, 1.54) is 6.07 Å². The monoisotopic (exact) mass is 639 g/mol. The number of benzene rings is 2. The molecule has 3 aromatic rings. The smallest absolute Gasteiger partial charge is 0.410 e. The van der Waals surface area contributed by atoms with Gasteiger partial charge in [0, 0.05) is 35.1 Å². The van der Waals surface area contributed by atoms with Crippen molar-refractivity contribution < 1.29 is 23.9 Å². The fourth-order valence-electron chi connectivity index (χ4n) is 4.34. The molecule has 1 aromatic heterocycles. The van der Waals surface area contributed by atoms with Crippen LogP contribution >= 0.6 is 11.6 Å².